The van der Waals surface area contributed by atoms with Crippen LogP contribution in [0.4, 0.5) is 0 Å². The molecule has 1 saturated heterocycles. The normalized spacial score (nSPS) is 25.1. The first-order valence-electron chi connectivity index (χ1n) is 6.93. The Morgan fingerprint density at radius 3 is 2.89 bits per heavy atom. The molecule has 2 heterocycles. The van der Waals surface area contributed by atoms with E-state index < -0.39 is 0 Å². The zero-order chi connectivity index (χ0) is 12.4. The highest BCUT2D eigenvalue weighted by Crippen LogP contribution is 2.23. The summed E-state index contributed by atoms with van der Waals surface area (Å²) in [5.41, 5.74) is 2.84. The van der Waals surface area contributed by atoms with Gasteiger partial charge in [0.25, 0.3) is 0 Å². The van der Waals surface area contributed by atoms with Gasteiger partial charge in [-0.15, -0.1) is 0 Å². The van der Waals surface area contributed by atoms with Gasteiger partial charge in [0.1, 0.15) is 0 Å². The number of fused-ring (bicyclic) bond motifs is 1. The van der Waals surface area contributed by atoms with E-state index in [0.29, 0.717) is 0 Å². The van der Waals surface area contributed by atoms with E-state index in [9.17, 15) is 4.79 Å². The number of carbonyl (C=O) groups is 1. The molecule has 2 aliphatic rings. The lowest BCUT2D eigenvalue weighted by atomic mass is 9.97. The largest absolute Gasteiger partial charge is 0.355 e. The van der Waals surface area contributed by atoms with Crippen LogP contribution < -0.4 is 5.32 Å². The summed E-state index contributed by atoms with van der Waals surface area (Å²) in [6.07, 6.45) is 4.35. The zero-order valence-corrected chi connectivity index (χ0v) is 10.7. The smallest absolute Gasteiger partial charge is 0.237 e. The van der Waals surface area contributed by atoms with Crippen molar-refractivity contribution in [3.05, 3.63) is 35.4 Å². The zero-order valence-electron chi connectivity index (χ0n) is 10.7. The van der Waals surface area contributed by atoms with Crippen LogP contribution in [-0.2, 0) is 17.8 Å². The number of nitrogens with zero attached hydrogens (tertiary/aromatic N) is 1. The second kappa shape index (κ2) is 5.11. The number of rotatable bonds is 1. The molecule has 1 fully saturated rings. The van der Waals surface area contributed by atoms with Gasteiger partial charge in [-0.3, -0.25) is 9.69 Å². The minimum atomic E-state index is 0.0841. The Kier molecular flexibility index (Phi) is 3.33. The first-order chi connectivity index (χ1) is 8.84. The van der Waals surface area contributed by atoms with E-state index in [0.717, 1.165) is 45.3 Å². The third-order valence-electron chi connectivity index (χ3n) is 4.11. The predicted octanol–water partition coefficient (Wildman–Crippen LogP) is 1.71. The van der Waals surface area contributed by atoms with Gasteiger partial charge >= 0.3 is 0 Å². The standard InChI is InChI=1S/C15H20N2O/c18-15-14(7-3-4-9-16-15)17-10-8-12-5-1-2-6-13(12)11-17/h1-2,5-6,14H,3-4,7-11H2,(H,16,18)/t14-/m0/s1. The van der Waals surface area contributed by atoms with Gasteiger partial charge in [0, 0.05) is 19.6 Å². The quantitative estimate of drug-likeness (QED) is 0.815. The van der Waals surface area contributed by atoms with Crippen molar-refractivity contribution in [1.29, 1.82) is 0 Å². The SMILES string of the molecule is O=C1NCCCC[C@@H]1N1CCc2ccccc2C1. The van der Waals surface area contributed by atoms with Crippen molar-refractivity contribution in [2.45, 2.75) is 38.3 Å². The average Bonchev–Trinajstić information content (AvgIpc) is 2.63. The van der Waals surface area contributed by atoms with Gasteiger partial charge in [-0.2, -0.15) is 0 Å². The Bertz CT molecular complexity index is 444. The molecule has 3 heteroatoms. The van der Waals surface area contributed by atoms with Gasteiger partial charge in [-0.25, -0.2) is 0 Å². The molecular formula is C15H20N2O. The second-order valence-electron chi connectivity index (χ2n) is 5.29. The molecule has 0 radical (unpaired) electrons. The second-order valence-corrected chi connectivity index (χ2v) is 5.29. The van der Waals surface area contributed by atoms with E-state index in [2.05, 4.69) is 34.5 Å². The lowest BCUT2D eigenvalue weighted by Crippen LogP contribution is -2.47. The number of hydrogen-bond donors (Lipinski definition) is 1. The monoisotopic (exact) mass is 244 g/mol. The summed E-state index contributed by atoms with van der Waals surface area (Å²) in [6, 6.07) is 8.68. The van der Waals surface area contributed by atoms with E-state index in [1.807, 2.05) is 0 Å². The molecule has 0 saturated carbocycles. The van der Waals surface area contributed by atoms with Crippen LogP contribution in [0, 0.1) is 0 Å². The fourth-order valence-corrected chi connectivity index (χ4v) is 3.06. The van der Waals surface area contributed by atoms with E-state index in [1.165, 1.54) is 11.1 Å². The van der Waals surface area contributed by atoms with E-state index >= 15 is 0 Å². The Morgan fingerprint density at radius 2 is 2.00 bits per heavy atom. The molecule has 0 aromatic heterocycles. The maximum atomic E-state index is 12.1. The number of hydrogen-bond acceptors (Lipinski definition) is 2. The fourth-order valence-electron chi connectivity index (χ4n) is 3.06. The molecule has 1 aromatic rings. The number of carbonyl (C=O) groups excluding carboxylic acids is 1. The molecule has 0 aliphatic carbocycles. The predicted molar refractivity (Wildman–Crippen MR) is 71.2 cm³/mol. The summed E-state index contributed by atoms with van der Waals surface area (Å²) < 4.78 is 0. The highest BCUT2D eigenvalue weighted by Gasteiger charge is 2.29. The minimum absolute atomic E-state index is 0.0841. The highest BCUT2D eigenvalue weighted by atomic mass is 16.2. The lowest BCUT2D eigenvalue weighted by Gasteiger charge is -2.34. The Hall–Kier alpha value is -1.35. The summed E-state index contributed by atoms with van der Waals surface area (Å²) in [7, 11) is 0. The molecule has 1 aromatic carbocycles. The molecule has 0 bridgehead atoms. The van der Waals surface area contributed by atoms with Gasteiger partial charge in [0.2, 0.25) is 5.91 Å². The Labute approximate surface area is 108 Å². The molecule has 96 valence electrons. The van der Waals surface area contributed by atoms with Gasteiger partial charge in [-0.05, 0) is 36.8 Å². The van der Waals surface area contributed by atoms with Crippen molar-refractivity contribution < 1.29 is 4.79 Å². The van der Waals surface area contributed by atoms with Crippen LogP contribution in [0.5, 0.6) is 0 Å². The van der Waals surface area contributed by atoms with Gasteiger partial charge in [-0.1, -0.05) is 24.3 Å². The van der Waals surface area contributed by atoms with E-state index in [-0.39, 0.29) is 11.9 Å². The third-order valence-corrected chi connectivity index (χ3v) is 4.11. The molecule has 2 aliphatic heterocycles. The maximum absolute atomic E-state index is 12.1. The Balaban J connectivity index is 1.76. The van der Waals surface area contributed by atoms with Crippen LogP contribution >= 0.6 is 0 Å². The topological polar surface area (TPSA) is 32.3 Å². The number of nitrogens with one attached hydrogen (secondary N) is 1. The van der Waals surface area contributed by atoms with Crippen molar-refractivity contribution in [2.75, 3.05) is 13.1 Å². The highest BCUT2D eigenvalue weighted by molar-refractivity contribution is 5.82. The molecule has 0 unspecified atom stereocenters. The minimum Gasteiger partial charge on any atom is -0.355 e. The van der Waals surface area contributed by atoms with Crippen LogP contribution in [0.2, 0.25) is 0 Å². The van der Waals surface area contributed by atoms with Gasteiger partial charge < -0.3 is 5.32 Å². The molecule has 18 heavy (non-hydrogen) atoms. The molecule has 0 spiro atoms. The van der Waals surface area contributed by atoms with Gasteiger partial charge in [0.15, 0.2) is 0 Å². The van der Waals surface area contributed by atoms with Crippen molar-refractivity contribution in [2.24, 2.45) is 0 Å². The third kappa shape index (κ3) is 2.27. The van der Waals surface area contributed by atoms with Crippen LogP contribution in [0.3, 0.4) is 0 Å². The van der Waals surface area contributed by atoms with Crippen LogP contribution in [0.25, 0.3) is 0 Å². The van der Waals surface area contributed by atoms with Crippen molar-refractivity contribution in [3.8, 4) is 0 Å². The van der Waals surface area contributed by atoms with E-state index in [4.69, 9.17) is 0 Å². The number of benzene rings is 1. The number of amides is 1. The van der Waals surface area contributed by atoms with Crippen molar-refractivity contribution in [1.82, 2.24) is 10.2 Å². The molecule has 1 amide bonds. The van der Waals surface area contributed by atoms with Crippen molar-refractivity contribution in [3.63, 3.8) is 0 Å². The molecule has 1 N–H and O–H groups in total. The fraction of sp³-hybridized carbons (Fsp3) is 0.533. The first-order valence-corrected chi connectivity index (χ1v) is 6.93. The van der Waals surface area contributed by atoms with Crippen LogP contribution in [0.1, 0.15) is 30.4 Å². The van der Waals surface area contributed by atoms with Crippen LogP contribution in [-0.4, -0.2) is 29.9 Å². The summed E-state index contributed by atoms with van der Waals surface area (Å²) in [4.78, 5) is 14.4. The van der Waals surface area contributed by atoms with Crippen molar-refractivity contribution >= 4 is 5.91 Å². The Morgan fingerprint density at radius 1 is 1.17 bits per heavy atom. The summed E-state index contributed by atoms with van der Waals surface area (Å²) >= 11 is 0. The average molecular weight is 244 g/mol. The molecular weight excluding hydrogens is 224 g/mol. The maximum Gasteiger partial charge on any atom is 0.237 e. The molecule has 3 rings (SSSR count). The summed E-state index contributed by atoms with van der Waals surface area (Å²) in [5.74, 6) is 0.229. The van der Waals surface area contributed by atoms with Crippen LogP contribution in [0.15, 0.2) is 24.3 Å². The van der Waals surface area contributed by atoms with E-state index in [1.54, 1.807) is 0 Å². The lowest BCUT2D eigenvalue weighted by molar-refractivity contribution is -0.126. The molecule has 3 nitrogen and oxygen atoms in total. The summed E-state index contributed by atoms with van der Waals surface area (Å²) in [6.45, 7) is 2.78. The molecule has 1 atom stereocenters. The summed E-state index contributed by atoms with van der Waals surface area (Å²) in [5, 5.41) is 3.04. The van der Waals surface area contributed by atoms with Gasteiger partial charge in [0.05, 0.1) is 6.04 Å². The first kappa shape index (κ1) is 11.7.